The first-order chi connectivity index (χ1) is 6.70. The van der Waals surface area contributed by atoms with Crippen LogP contribution >= 0.6 is 0 Å². The van der Waals surface area contributed by atoms with Gasteiger partial charge in [-0.3, -0.25) is 4.79 Å². The number of pyridine rings is 1. The van der Waals surface area contributed by atoms with Crippen LogP contribution in [0.3, 0.4) is 0 Å². The first-order valence-corrected chi connectivity index (χ1v) is 3.77. The second-order valence-corrected chi connectivity index (χ2v) is 2.63. The van der Waals surface area contributed by atoms with E-state index in [0.29, 0.717) is 5.39 Å². The predicted molar refractivity (Wildman–Crippen MR) is 49.3 cm³/mol. The highest BCUT2D eigenvalue weighted by molar-refractivity contribution is 5.84. The van der Waals surface area contributed by atoms with E-state index in [9.17, 15) is 4.79 Å². The summed E-state index contributed by atoms with van der Waals surface area (Å²) in [5.74, 6) is 0.125. The Kier molecular flexibility index (Phi) is 1.65. The van der Waals surface area contributed by atoms with Crippen molar-refractivity contribution < 1.29 is 0 Å². The molecule has 6 heteroatoms. The molecule has 2 aromatic heterocycles. The molecular formula is C8H5N5O. The Morgan fingerprint density at radius 1 is 1.43 bits per heavy atom. The van der Waals surface area contributed by atoms with Crippen molar-refractivity contribution in [1.29, 1.82) is 5.26 Å². The molecule has 14 heavy (non-hydrogen) atoms. The number of H-pyrrole nitrogens is 1. The molecule has 2 rings (SSSR count). The van der Waals surface area contributed by atoms with E-state index in [-0.39, 0.29) is 22.8 Å². The average Bonchev–Trinajstić information content (AvgIpc) is 2.16. The molecule has 0 aliphatic carbocycles. The zero-order chi connectivity index (χ0) is 10.1. The molecule has 0 saturated carbocycles. The number of nitriles is 1. The normalized spacial score (nSPS) is 9.93. The van der Waals surface area contributed by atoms with Crippen LogP contribution in [-0.4, -0.2) is 15.0 Å². The van der Waals surface area contributed by atoms with E-state index in [1.165, 1.54) is 12.1 Å². The number of aromatic nitrogens is 3. The standard InChI is InChI=1S/C8H5N5O/c9-3-5-11-7(10)4-1-2-6(14)13-8(4)12-5/h1-2H,(H3,10,11,12,13,14). The number of hydrogen-bond donors (Lipinski definition) is 2. The number of fused-ring (bicyclic) bond motifs is 1. The Balaban J connectivity index is 2.92. The fourth-order valence-corrected chi connectivity index (χ4v) is 1.11. The first-order valence-electron chi connectivity index (χ1n) is 3.77. The first kappa shape index (κ1) is 8.19. The molecule has 68 valence electrons. The van der Waals surface area contributed by atoms with Gasteiger partial charge in [-0.2, -0.15) is 5.26 Å². The van der Waals surface area contributed by atoms with Crippen molar-refractivity contribution in [2.45, 2.75) is 0 Å². The maximum Gasteiger partial charge on any atom is 0.249 e. The summed E-state index contributed by atoms with van der Waals surface area (Å²) in [7, 11) is 0. The van der Waals surface area contributed by atoms with E-state index in [1.807, 2.05) is 0 Å². The smallest absolute Gasteiger partial charge is 0.249 e. The molecule has 6 nitrogen and oxygen atoms in total. The fraction of sp³-hybridized carbons (Fsp3) is 0. The molecule has 0 radical (unpaired) electrons. The molecular weight excluding hydrogens is 182 g/mol. The van der Waals surface area contributed by atoms with Gasteiger partial charge in [-0.05, 0) is 6.07 Å². The maximum atomic E-state index is 11.0. The van der Waals surface area contributed by atoms with Gasteiger partial charge in [0.25, 0.3) is 0 Å². The van der Waals surface area contributed by atoms with E-state index < -0.39 is 0 Å². The number of nitrogens with one attached hydrogen (secondary N) is 1. The van der Waals surface area contributed by atoms with Crippen LogP contribution in [0.25, 0.3) is 11.0 Å². The van der Waals surface area contributed by atoms with Gasteiger partial charge < -0.3 is 10.7 Å². The maximum absolute atomic E-state index is 11.0. The van der Waals surface area contributed by atoms with Gasteiger partial charge in [-0.15, -0.1) is 0 Å². The number of nitrogen functional groups attached to an aromatic ring is 1. The van der Waals surface area contributed by atoms with E-state index >= 15 is 0 Å². The summed E-state index contributed by atoms with van der Waals surface area (Å²) < 4.78 is 0. The summed E-state index contributed by atoms with van der Waals surface area (Å²) in [6, 6.07) is 4.60. The van der Waals surface area contributed by atoms with Gasteiger partial charge in [0.1, 0.15) is 17.5 Å². The second kappa shape index (κ2) is 2.81. The number of aromatic amines is 1. The Labute approximate surface area is 78.0 Å². The van der Waals surface area contributed by atoms with Crippen molar-refractivity contribution in [3.8, 4) is 6.07 Å². The summed E-state index contributed by atoms with van der Waals surface area (Å²) >= 11 is 0. The van der Waals surface area contributed by atoms with Gasteiger partial charge in [-0.25, -0.2) is 9.97 Å². The van der Waals surface area contributed by atoms with Gasteiger partial charge >= 0.3 is 0 Å². The van der Waals surface area contributed by atoms with Crippen molar-refractivity contribution in [3.63, 3.8) is 0 Å². The summed E-state index contributed by atoms with van der Waals surface area (Å²) in [4.78, 5) is 21.0. The lowest BCUT2D eigenvalue weighted by molar-refractivity contribution is 1.12. The third-order valence-electron chi connectivity index (χ3n) is 1.72. The van der Waals surface area contributed by atoms with Crippen LogP contribution in [0.4, 0.5) is 5.82 Å². The molecule has 2 aromatic rings. The number of nitrogens with two attached hydrogens (primary N) is 1. The molecule has 0 spiro atoms. The van der Waals surface area contributed by atoms with Crippen LogP contribution in [-0.2, 0) is 0 Å². The summed E-state index contributed by atoms with van der Waals surface area (Å²) in [6.07, 6.45) is 0. The number of nitrogens with zero attached hydrogens (tertiary/aromatic N) is 3. The van der Waals surface area contributed by atoms with E-state index in [4.69, 9.17) is 11.0 Å². The van der Waals surface area contributed by atoms with Crippen LogP contribution in [0.5, 0.6) is 0 Å². The molecule has 0 atom stereocenters. The molecule has 0 saturated heterocycles. The average molecular weight is 187 g/mol. The van der Waals surface area contributed by atoms with Crippen molar-refractivity contribution in [3.05, 3.63) is 28.3 Å². The summed E-state index contributed by atoms with van der Waals surface area (Å²) in [5.41, 5.74) is 5.55. The predicted octanol–water partition coefficient (Wildman–Crippen LogP) is -0.228. The van der Waals surface area contributed by atoms with Crippen molar-refractivity contribution >= 4 is 16.9 Å². The minimum atomic E-state index is -0.292. The molecule has 0 fully saturated rings. The Hall–Kier alpha value is -2.42. The highest BCUT2D eigenvalue weighted by atomic mass is 16.1. The van der Waals surface area contributed by atoms with Crippen LogP contribution in [0.2, 0.25) is 0 Å². The van der Waals surface area contributed by atoms with Crippen LogP contribution in [0.1, 0.15) is 5.82 Å². The van der Waals surface area contributed by atoms with Gasteiger partial charge in [-0.1, -0.05) is 0 Å². The lowest BCUT2D eigenvalue weighted by atomic mass is 10.3. The topological polar surface area (TPSA) is 108 Å². The third kappa shape index (κ3) is 1.17. The summed E-state index contributed by atoms with van der Waals surface area (Å²) in [5, 5.41) is 9.10. The highest BCUT2D eigenvalue weighted by Gasteiger charge is 2.04. The zero-order valence-corrected chi connectivity index (χ0v) is 6.98. The zero-order valence-electron chi connectivity index (χ0n) is 6.98. The van der Waals surface area contributed by atoms with Crippen LogP contribution in [0, 0.1) is 11.3 Å². The molecule has 0 unspecified atom stereocenters. The number of anilines is 1. The summed E-state index contributed by atoms with van der Waals surface area (Å²) in [6.45, 7) is 0. The number of hydrogen-bond acceptors (Lipinski definition) is 5. The SMILES string of the molecule is N#Cc1nc(N)c2ccc(=O)[nH]c2n1. The van der Waals surface area contributed by atoms with E-state index in [0.717, 1.165) is 0 Å². The van der Waals surface area contributed by atoms with Crippen molar-refractivity contribution in [2.24, 2.45) is 0 Å². The van der Waals surface area contributed by atoms with Gasteiger partial charge in [0, 0.05) is 6.07 Å². The lowest BCUT2D eigenvalue weighted by Crippen LogP contribution is -2.07. The molecule has 0 aliphatic rings. The quantitative estimate of drug-likeness (QED) is 0.592. The number of rotatable bonds is 0. The van der Waals surface area contributed by atoms with Gasteiger partial charge in [0.05, 0.1) is 5.39 Å². The fourth-order valence-electron chi connectivity index (χ4n) is 1.11. The van der Waals surface area contributed by atoms with E-state index in [2.05, 4.69) is 15.0 Å². The third-order valence-corrected chi connectivity index (χ3v) is 1.72. The van der Waals surface area contributed by atoms with Crippen molar-refractivity contribution in [1.82, 2.24) is 15.0 Å². The van der Waals surface area contributed by atoms with Crippen LogP contribution < -0.4 is 11.3 Å². The highest BCUT2D eigenvalue weighted by Crippen LogP contribution is 2.12. The lowest BCUT2D eigenvalue weighted by Gasteiger charge is -1.99. The molecule has 0 bridgehead atoms. The molecule has 0 aliphatic heterocycles. The minimum absolute atomic E-state index is 0.0585. The molecule has 0 aromatic carbocycles. The minimum Gasteiger partial charge on any atom is -0.383 e. The Bertz CT molecular complexity index is 595. The van der Waals surface area contributed by atoms with Gasteiger partial charge in [0.15, 0.2) is 0 Å². The van der Waals surface area contributed by atoms with E-state index in [1.54, 1.807) is 6.07 Å². The largest absolute Gasteiger partial charge is 0.383 e. The monoisotopic (exact) mass is 187 g/mol. The van der Waals surface area contributed by atoms with Crippen LogP contribution in [0.15, 0.2) is 16.9 Å². The Morgan fingerprint density at radius 3 is 2.93 bits per heavy atom. The molecule has 2 heterocycles. The Morgan fingerprint density at radius 2 is 2.21 bits per heavy atom. The molecule has 0 amide bonds. The van der Waals surface area contributed by atoms with Crippen molar-refractivity contribution in [2.75, 3.05) is 5.73 Å². The molecule has 3 N–H and O–H groups in total. The van der Waals surface area contributed by atoms with Gasteiger partial charge in [0.2, 0.25) is 11.4 Å². The second-order valence-electron chi connectivity index (χ2n) is 2.63.